The highest BCUT2D eigenvalue weighted by Gasteiger charge is 2.03. The van der Waals surface area contributed by atoms with Crippen LogP contribution in [-0.4, -0.2) is 4.98 Å². The van der Waals surface area contributed by atoms with Crippen molar-refractivity contribution in [1.29, 1.82) is 0 Å². The zero-order valence-electron chi connectivity index (χ0n) is 11.0. The van der Waals surface area contributed by atoms with Crippen LogP contribution in [0.4, 0.5) is 0 Å². The lowest BCUT2D eigenvalue weighted by atomic mass is 10.1. The molecule has 0 spiro atoms. The number of hydrogen-bond donors (Lipinski definition) is 1. The number of hydrogen-bond acceptors (Lipinski definition) is 3. The summed E-state index contributed by atoms with van der Waals surface area (Å²) in [5.41, 5.74) is 9.09. The molecule has 94 valence electrons. The second-order valence-corrected chi connectivity index (χ2v) is 4.56. The second kappa shape index (κ2) is 5.19. The predicted octanol–water partition coefficient (Wildman–Crippen LogP) is 3.51. The normalized spacial score (nSPS) is 12.2. The fourth-order valence-corrected chi connectivity index (χ4v) is 1.63. The summed E-state index contributed by atoms with van der Waals surface area (Å²) in [7, 11) is 0. The molecule has 1 aromatic heterocycles. The molecule has 3 nitrogen and oxygen atoms in total. The van der Waals surface area contributed by atoms with Gasteiger partial charge in [0.1, 0.15) is 11.5 Å². The fourth-order valence-electron chi connectivity index (χ4n) is 1.63. The standard InChI is InChI=1S/C15H18N2O/c1-10-4-5-13(8-11(10)2)18-14-6-7-15(12(3)16)17-9-14/h4-9,12H,16H2,1-3H3/t12-/m0/s1. The summed E-state index contributed by atoms with van der Waals surface area (Å²) in [6.07, 6.45) is 1.70. The summed E-state index contributed by atoms with van der Waals surface area (Å²) in [6, 6.07) is 9.76. The molecule has 0 radical (unpaired) electrons. The molecule has 0 saturated carbocycles. The van der Waals surface area contributed by atoms with E-state index in [2.05, 4.69) is 24.9 Å². The minimum Gasteiger partial charge on any atom is -0.456 e. The first-order valence-electron chi connectivity index (χ1n) is 6.03. The molecule has 0 fully saturated rings. The van der Waals surface area contributed by atoms with E-state index in [1.54, 1.807) is 6.20 Å². The minimum absolute atomic E-state index is 0.0549. The lowest BCUT2D eigenvalue weighted by Crippen LogP contribution is -2.06. The minimum atomic E-state index is -0.0549. The Kier molecular flexibility index (Phi) is 3.63. The first kappa shape index (κ1) is 12.6. The number of ether oxygens (including phenoxy) is 1. The highest BCUT2D eigenvalue weighted by atomic mass is 16.5. The van der Waals surface area contributed by atoms with E-state index in [0.29, 0.717) is 0 Å². The highest BCUT2D eigenvalue weighted by Crippen LogP contribution is 2.23. The maximum Gasteiger partial charge on any atom is 0.145 e. The van der Waals surface area contributed by atoms with Crippen LogP contribution >= 0.6 is 0 Å². The van der Waals surface area contributed by atoms with Gasteiger partial charge in [-0.2, -0.15) is 0 Å². The van der Waals surface area contributed by atoms with Crippen molar-refractivity contribution in [3.63, 3.8) is 0 Å². The Bertz CT molecular complexity index is 533. The Morgan fingerprint density at radius 2 is 1.78 bits per heavy atom. The van der Waals surface area contributed by atoms with Crippen molar-refractivity contribution in [3.05, 3.63) is 53.3 Å². The molecule has 1 aromatic carbocycles. The summed E-state index contributed by atoms with van der Waals surface area (Å²) in [6.45, 7) is 6.06. The lowest BCUT2D eigenvalue weighted by Gasteiger charge is -2.09. The van der Waals surface area contributed by atoms with E-state index in [9.17, 15) is 0 Å². The molecule has 0 unspecified atom stereocenters. The average molecular weight is 242 g/mol. The van der Waals surface area contributed by atoms with Crippen molar-refractivity contribution in [3.8, 4) is 11.5 Å². The molecule has 0 aliphatic rings. The van der Waals surface area contributed by atoms with Gasteiger partial charge in [0.2, 0.25) is 0 Å². The van der Waals surface area contributed by atoms with Gasteiger partial charge >= 0.3 is 0 Å². The van der Waals surface area contributed by atoms with E-state index in [1.165, 1.54) is 11.1 Å². The SMILES string of the molecule is Cc1ccc(Oc2ccc([C@H](C)N)nc2)cc1C. The summed E-state index contributed by atoms with van der Waals surface area (Å²) in [5.74, 6) is 1.55. The number of aromatic nitrogens is 1. The molecule has 0 amide bonds. The third-order valence-corrected chi connectivity index (χ3v) is 2.94. The van der Waals surface area contributed by atoms with E-state index in [1.807, 2.05) is 31.2 Å². The van der Waals surface area contributed by atoms with E-state index in [-0.39, 0.29) is 6.04 Å². The smallest absolute Gasteiger partial charge is 0.145 e. The van der Waals surface area contributed by atoms with Gasteiger partial charge in [-0.05, 0) is 56.2 Å². The first-order chi connectivity index (χ1) is 8.56. The summed E-state index contributed by atoms with van der Waals surface area (Å²) < 4.78 is 5.75. The molecule has 1 atom stereocenters. The molecular weight excluding hydrogens is 224 g/mol. The van der Waals surface area contributed by atoms with Gasteiger partial charge in [-0.15, -0.1) is 0 Å². The molecule has 0 aliphatic carbocycles. The Balaban J connectivity index is 2.15. The fraction of sp³-hybridized carbons (Fsp3) is 0.267. The molecule has 18 heavy (non-hydrogen) atoms. The van der Waals surface area contributed by atoms with E-state index < -0.39 is 0 Å². The first-order valence-corrected chi connectivity index (χ1v) is 6.03. The second-order valence-electron chi connectivity index (χ2n) is 4.56. The van der Waals surface area contributed by atoms with Gasteiger partial charge < -0.3 is 10.5 Å². The molecule has 0 bridgehead atoms. The number of nitrogens with zero attached hydrogens (tertiary/aromatic N) is 1. The Morgan fingerprint density at radius 3 is 2.33 bits per heavy atom. The average Bonchev–Trinajstić information content (AvgIpc) is 2.34. The van der Waals surface area contributed by atoms with Crippen molar-refractivity contribution in [1.82, 2.24) is 4.98 Å². The molecule has 2 rings (SSSR count). The van der Waals surface area contributed by atoms with Crippen LogP contribution in [0.3, 0.4) is 0 Å². The van der Waals surface area contributed by atoms with Gasteiger partial charge in [0.25, 0.3) is 0 Å². The lowest BCUT2D eigenvalue weighted by molar-refractivity contribution is 0.479. The maximum atomic E-state index is 5.75. The topological polar surface area (TPSA) is 48.1 Å². The van der Waals surface area contributed by atoms with Gasteiger partial charge in [-0.3, -0.25) is 4.98 Å². The van der Waals surface area contributed by atoms with Crippen molar-refractivity contribution in [2.45, 2.75) is 26.8 Å². The van der Waals surface area contributed by atoms with E-state index >= 15 is 0 Å². The number of rotatable bonds is 3. The van der Waals surface area contributed by atoms with Crippen LogP contribution in [0, 0.1) is 13.8 Å². The van der Waals surface area contributed by atoms with Crippen LogP contribution in [0.1, 0.15) is 29.8 Å². The summed E-state index contributed by atoms with van der Waals surface area (Å²) >= 11 is 0. The molecule has 3 heteroatoms. The molecule has 0 aliphatic heterocycles. The van der Waals surface area contributed by atoms with Crippen LogP contribution < -0.4 is 10.5 Å². The van der Waals surface area contributed by atoms with Crippen molar-refractivity contribution < 1.29 is 4.74 Å². The highest BCUT2D eigenvalue weighted by molar-refractivity contribution is 5.36. The Labute approximate surface area is 108 Å². The molecule has 2 N–H and O–H groups in total. The third-order valence-electron chi connectivity index (χ3n) is 2.94. The van der Waals surface area contributed by atoms with Crippen molar-refractivity contribution in [2.24, 2.45) is 5.73 Å². The molecule has 0 saturated heterocycles. The van der Waals surface area contributed by atoms with Crippen LogP contribution in [0.5, 0.6) is 11.5 Å². The summed E-state index contributed by atoms with van der Waals surface area (Å²) in [5, 5.41) is 0. The molecule has 1 heterocycles. The predicted molar refractivity (Wildman–Crippen MR) is 72.8 cm³/mol. The zero-order valence-corrected chi connectivity index (χ0v) is 11.0. The molecule has 2 aromatic rings. The van der Waals surface area contributed by atoms with Crippen LogP contribution in [0.15, 0.2) is 36.5 Å². The Hall–Kier alpha value is -1.87. The number of benzene rings is 1. The van der Waals surface area contributed by atoms with Gasteiger partial charge in [0.05, 0.1) is 11.9 Å². The summed E-state index contributed by atoms with van der Waals surface area (Å²) in [4.78, 5) is 4.26. The van der Waals surface area contributed by atoms with Gasteiger partial charge in [-0.1, -0.05) is 6.07 Å². The third kappa shape index (κ3) is 2.87. The van der Waals surface area contributed by atoms with Crippen LogP contribution in [0.2, 0.25) is 0 Å². The van der Waals surface area contributed by atoms with E-state index in [4.69, 9.17) is 10.5 Å². The number of pyridine rings is 1. The maximum absolute atomic E-state index is 5.75. The Morgan fingerprint density at radius 1 is 1.06 bits per heavy atom. The zero-order chi connectivity index (χ0) is 13.1. The van der Waals surface area contributed by atoms with Crippen LogP contribution in [-0.2, 0) is 0 Å². The number of nitrogens with two attached hydrogens (primary N) is 1. The van der Waals surface area contributed by atoms with Crippen LogP contribution in [0.25, 0.3) is 0 Å². The quantitative estimate of drug-likeness (QED) is 0.896. The van der Waals surface area contributed by atoms with Gasteiger partial charge in [0, 0.05) is 6.04 Å². The monoisotopic (exact) mass is 242 g/mol. The van der Waals surface area contributed by atoms with Gasteiger partial charge in [0.15, 0.2) is 0 Å². The molecular formula is C15H18N2O. The van der Waals surface area contributed by atoms with E-state index in [0.717, 1.165) is 17.2 Å². The van der Waals surface area contributed by atoms with Gasteiger partial charge in [-0.25, -0.2) is 0 Å². The number of aryl methyl sites for hydroxylation is 2. The van der Waals surface area contributed by atoms with Crippen molar-refractivity contribution in [2.75, 3.05) is 0 Å². The van der Waals surface area contributed by atoms with Crippen molar-refractivity contribution >= 4 is 0 Å². The largest absolute Gasteiger partial charge is 0.456 e.